The Hall–Kier alpha value is -2.33. The van der Waals surface area contributed by atoms with Crippen molar-refractivity contribution in [3.63, 3.8) is 0 Å². The van der Waals surface area contributed by atoms with Gasteiger partial charge in [0.15, 0.2) is 5.82 Å². The van der Waals surface area contributed by atoms with E-state index in [4.69, 9.17) is 17.3 Å². The van der Waals surface area contributed by atoms with E-state index < -0.39 is 0 Å². The molecular formula is C16H15ClN4. The van der Waals surface area contributed by atoms with E-state index in [-0.39, 0.29) is 0 Å². The average molecular weight is 299 g/mol. The zero-order valence-electron chi connectivity index (χ0n) is 11.8. The maximum atomic E-state index is 6.22. The van der Waals surface area contributed by atoms with Gasteiger partial charge in [0.2, 0.25) is 0 Å². The quantitative estimate of drug-likeness (QED) is 0.783. The molecule has 0 atom stereocenters. The topological polar surface area (TPSA) is 56.7 Å². The number of nitrogen functional groups attached to an aromatic ring is 1. The zero-order chi connectivity index (χ0) is 15.0. The summed E-state index contributed by atoms with van der Waals surface area (Å²) < 4.78 is 1.60. The Balaban J connectivity index is 2.11. The van der Waals surface area contributed by atoms with Crippen LogP contribution in [0.1, 0.15) is 11.1 Å². The summed E-state index contributed by atoms with van der Waals surface area (Å²) in [4.78, 5) is 0. The van der Waals surface area contributed by atoms with Crippen LogP contribution in [0.15, 0.2) is 42.5 Å². The van der Waals surface area contributed by atoms with Crippen molar-refractivity contribution in [2.75, 3.05) is 5.73 Å². The second-order valence-corrected chi connectivity index (χ2v) is 5.47. The molecule has 21 heavy (non-hydrogen) atoms. The van der Waals surface area contributed by atoms with Crippen molar-refractivity contribution < 1.29 is 0 Å². The normalized spacial score (nSPS) is 10.8. The fraction of sp³-hybridized carbons (Fsp3) is 0.125. The van der Waals surface area contributed by atoms with Crippen LogP contribution in [-0.4, -0.2) is 15.0 Å². The molecule has 0 fully saturated rings. The maximum Gasteiger partial charge on any atom is 0.155 e. The van der Waals surface area contributed by atoms with E-state index in [0.29, 0.717) is 16.5 Å². The number of anilines is 1. The summed E-state index contributed by atoms with van der Waals surface area (Å²) in [6, 6.07) is 13.5. The molecule has 3 rings (SSSR count). The van der Waals surface area contributed by atoms with Crippen molar-refractivity contribution in [3.8, 4) is 16.9 Å². The lowest BCUT2D eigenvalue weighted by molar-refractivity contribution is 0.810. The zero-order valence-corrected chi connectivity index (χ0v) is 12.6. The highest BCUT2D eigenvalue weighted by Gasteiger charge is 2.14. The van der Waals surface area contributed by atoms with E-state index in [1.54, 1.807) is 10.7 Å². The third-order valence-electron chi connectivity index (χ3n) is 3.39. The first-order chi connectivity index (χ1) is 10.1. The lowest BCUT2D eigenvalue weighted by Crippen LogP contribution is -2.02. The molecule has 0 bridgehead atoms. The summed E-state index contributed by atoms with van der Waals surface area (Å²) in [5.41, 5.74) is 11.0. The fourth-order valence-corrected chi connectivity index (χ4v) is 2.54. The van der Waals surface area contributed by atoms with E-state index >= 15 is 0 Å². The largest absolute Gasteiger partial charge is 0.382 e. The van der Waals surface area contributed by atoms with Crippen LogP contribution in [0.2, 0.25) is 5.02 Å². The number of halogens is 1. The van der Waals surface area contributed by atoms with Gasteiger partial charge in [-0.2, -0.15) is 4.68 Å². The van der Waals surface area contributed by atoms with Crippen molar-refractivity contribution in [1.82, 2.24) is 15.0 Å². The summed E-state index contributed by atoms with van der Waals surface area (Å²) in [5.74, 6) is 0.504. The minimum Gasteiger partial charge on any atom is -0.382 e. The lowest BCUT2D eigenvalue weighted by Gasteiger charge is -2.06. The van der Waals surface area contributed by atoms with Gasteiger partial charge in [0.25, 0.3) is 0 Å². The van der Waals surface area contributed by atoms with Crippen molar-refractivity contribution >= 4 is 17.4 Å². The Labute approximate surface area is 128 Å². The summed E-state index contributed by atoms with van der Waals surface area (Å²) in [5, 5.41) is 9.01. The number of hydrogen-bond donors (Lipinski definition) is 1. The number of nitrogens with two attached hydrogens (primary N) is 1. The van der Waals surface area contributed by atoms with Gasteiger partial charge >= 0.3 is 0 Å². The Kier molecular flexibility index (Phi) is 3.39. The molecular weight excluding hydrogens is 284 g/mol. The monoisotopic (exact) mass is 298 g/mol. The van der Waals surface area contributed by atoms with Gasteiger partial charge in [-0.1, -0.05) is 46.6 Å². The van der Waals surface area contributed by atoms with Crippen molar-refractivity contribution in [3.05, 3.63) is 58.6 Å². The second-order valence-electron chi connectivity index (χ2n) is 5.03. The fourth-order valence-electron chi connectivity index (χ4n) is 2.36. The van der Waals surface area contributed by atoms with E-state index in [2.05, 4.69) is 23.3 Å². The predicted octanol–water partition coefficient (Wildman–Crippen LogP) is 3.79. The molecule has 0 saturated carbocycles. The smallest absolute Gasteiger partial charge is 0.155 e. The van der Waals surface area contributed by atoms with Crippen LogP contribution in [0.5, 0.6) is 0 Å². The molecule has 4 nitrogen and oxygen atoms in total. The summed E-state index contributed by atoms with van der Waals surface area (Å²) >= 11 is 6.01. The van der Waals surface area contributed by atoms with Crippen molar-refractivity contribution in [2.45, 2.75) is 13.8 Å². The Morgan fingerprint density at radius 1 is 1.10 bits per heavy atom. The molecule has 0 saturated heterocycles. The van der Waals surface area contributed by atoms with Crippen LogP contribution in [0, 0.1) is 13.8 Å². The standard InChI is InChI=1S/C16H15ClN4/c1-10-6-7-14(11(2)8-10)15-16(18)21(20-19-15)13-5-3-4-12(17)9-13/h3-9H,18H2,1-2H3. The molecule has 0 radical (unpaired) electrons. The molecule has 2 N–H and O–H groups in total. The van der Waals surface area contributed by atoms with Crippen LogP contribution < -0.4 is 5.73 Å². The molecule has 5 heteroatoms. The lowest BCUT2D eigenvalue weighted by atomic mass is 10.0. The maximum absolute atomic E-state index is 6.22. The van der Waals surface area contributed by atoms with E-state index in [1.807, 2.05) is 37.3 Å². The molecule has 0 aliphatic carbocycles. The van der Waals surface area contributed by atoms with Gasteiger partial charge in [-0.25, -0.2) is 0 Å². The summed E-state index contributed by atoms with van der Waals surface area (Å²) in [7, 11) is 0. The van der Waals surface area contributed by atoms with Gasteiger partial charge in [0, 0.05) is 10.6 Å². The van der Waals surface area contributed by atoms with Crippen LogP contribution in [0.3, 0.4) is 0 Å². The number of aromatic nitrogens is 3. The van der Waals surface area contributed by atoms with E-state index in [9.17, 15) is 0 Å². The second kappa shape index (κ2) is 5.22. The first-order valence-electron chi connectivity index (χ1n) is 6.61. The number of aryl methyl sites for hydroxylation is 2. The highest BCUT2D eigenvalue weighted by Crippen LogP contribution is 2.28. The summed E-state index contributed by atoms with van der Waals surface area (Å²) in [6.45, 7) is 4.10. The summed E-state index contributed by atoms with van der Waals surface area (Å²) in [6.07, 6.45) is 0. The minimum absolute atomic E-state index is 0.504. The first-order valence-corrected chi connectivity index (χ1v) is 6.99. The Bertz CT molecular complexity index is 808. The molecule has 0 aliphatic heterocycles. The van der Waals surface area contributed by atoms with Crippen molar-refractivity contribution in [1.29, 1.82) is 0 Å². The number of nitrogens with zero attached hydrogens (tertiary/aromatic N) is 3. The van der Waals surface area contributed by atoms with Gasteiger partial charge in [0.05, 0.1) is 5.69 Å². The number of rotatable bonds is 2. The van der Waals surface area contributed by atoms with Crippen LogP contribution >= 0.6 is 11.6 Å². The minimum atomic E-state index is 0.504. The van der Waals surface area contributed by atoms with Gasteiger partial charge in [-0.05, 0) is 37.6 Å². The Morgan fingerprint density at radius 3 is 2.62 bits per heavy atom. The molecule has 1 aromatic heterocycles. The molecule has 0 amide bonds. The number of benzene rings is 2. The highest BCUT2D eigenvalue weighted by molar-refractivity contribution is 6.30. The molecule has 1 heterocycles. The Morgan fingerprint density at radius 2 is 1.90 bits per heavy atom. The third-order valence-corrected chi connectivity index (χ3v) is 3.63. The molecule has 0 unspecified atom stereocenters. The van der Waals surface area contributed by atoms with E-state index in [1.165, 1.54) is 5.56 Å². The molecule has 2 aromatic carbocycles. The van der Waals surface area contributed by atoms with E-state index in [0.717, 1.165) is 16.8 Å². The predicted molar refractivity (Wildman–Crippen MR) is 85.7 cm³/mol. The molecule has 0 spiro atoms. The first kappa shape index (κ1) is 13.6. The van der Waals surface area contributed by atoms with Gasteiger partial charge in [-0.15, -0.1) is 5.10 Å². The number of hydrogen-bond acceptors (Lipinski definition) is 3. The van der Waals surface area contributed by atoms with Crippen molar-refractivity contribution in [2.24, 2.45) is 0 Å². The van der Waals surface area contributed by atoms with Gasteiger partial charge in [0.1, 0.15) is 5.69 Å². The SMILES string of the molecule is Cc1ccc(-c2nnn(-c3cccc(Cl)c3)c2N)c(C)c1. The van der Waals surface area contributed by atoms with Gasteiger partial charge in [-0.3, -0.25) is 0 Å². The molecule has 0 aliphatic rings. The van der Waals surface area contributed by atoms with Crippen LogP contribution in [0.25, 0.3) is 16.9 Å². The molecule has 3 aromatic rings. The third kappa shape index (κ3) is 2.50. The molecule has 106 valence electrons. The average Bonchev–Trinajstić information content (AvgIpc) is 2.81. The van der Waals surface area contributed by atoms with Crippen LogP contribution in [-0.2, 0) is 0 Å². The van der Waals surface area contributed by atoms with Gasteiger partial charge < -0.3 is 5.73 Å². The highest BCUT2D eigenvalue weighted by atomic mass is 35.5. The van der Waals surface area contributed by atoms with Crippen LogP contribution in [0.4, 0.5) is 5.82 Å².